The van der Waals surface area contributed by atoms with E-state index in [-0.39, 0.29) is 17.3 Å². The molecule has 0 fully saturated rings. The molecule has 0 aliphatic heterocycles. The lowest BCUT2D eigenvalue weighted by molar-refractivity contribution is -0.123. The summed E-state index contributed by atoms with van der Waals surface area (Å²) in [5.41, 5.74) is 0.635. The van der Waals surface area contributed by atoms with Gasteiger partial charge in [-0.25, -0.2) is 0 Å². The van der Waals surface area contributed by atoms with Gasteiger partial charge in [0.1, 0.15) is 11.6 Å². The summed E-state index contributed by atoms with van der Waals surface area (Å²) in [4.78, 5) is 33.4. The lowest BCUT2D eigenvalue weighted by Crippen LogP contribution is -2.01. The van der Waals surface area contributed by atoms with Crippen molar-refractivity contribution in [3.05, 3.63) is 12.2 Å². The fourth-order valence-electron chi connectivity index (χ4n) is 1.79. The third kappa shape index (κ3) is 11.6. The molecular formula is C16H26O3. The highest BCUT2D eigenvalue weighted by Gasteiger charge is 2.04. The fourth-order valence-corrected chi connectivity index (χ4v) is 1.79. The molecule has 0 saturated carbocycles. The molecule has 0 aromatic rings. The summed E-state index contributed by atoms with van der Waals surface area (Å²) in [7, 11) is 0. The van der Waals surface area contributed by atoms with Gasteiger partial charge < -0.3 is 4.79 Å². The SMILES string of the molecule is C=C(C)C(=O)CCCCCCCC(=O)CCC(C)=O. The molecule has 0 aromatic heterocycles. The van der Waals surface area contributed by atoms with Crippen molar-refractivity contribution in [3.63, 3.8) is 0 Å². The van der Waals surface area contributed by atoms with Gasteiger partial charge in [0, 0.05) is 25.7 Å². The topological polar surface area (TPSA) is 51.2 Å². The number of carbonyl (C=O) groups excluding carboxylic acids is 3. The maximum absolute atomic E-state index is 11.4. The zero-order chi connectivity index (χ0) is 14.7. The summed E-state index contributed by atoms with van der Waals surface area (Å²) in [6.45, 7) is 6.88. The highest BCUT2D eigenvalue weighted by atomic mass is 16.1. The molecule has 0 aliphatic carbocycles. The first kappa shape index (κ1) is 17.8. The van der Waals surface area contributed by atoms with Gasteiger partial charge in [0.05, 0.1) is 0 Å². The maximum Gasteiger partial charge on any atom is 0.157 e. The van der Waals surface area contributed by atoms with Crippen molar-refractivity contribution >= 4 is 17.3 Å². The van der Waals surface area contributed by atoms with E-state index >= 15 is 0 Å². The van der Waals surface area contributed by atoms with Crippen molar-refractivity contribution in [1.82, 2.24) is 0 Å². The van der Waals surface area contributed by atoms with E-state index in [0.29, 0.717) is 31.3 Å². The van der Waals surface area contributed by atoms with Crippen LogP contribution < -0.4 is 0 Å². The molecule has 0 aromatic carbocycles. The van der Waals surface area contributed by atoms with Crippen LogP contribution in [0.2, 0.25) is 0 Å². The van der Waals surface area contributed by atoms with Crippen LogP contribution in [0.25, 0.3) is 0 Å². The summed E-state index contributed by atoms with van der Waals surface area (Å²) in [5, 5.41) is 0. The molecule has 0 saturated heterocycles. The minimum Gasteiger partial charge on any atom is -0.300 e. The van der Waals surface area contributed by atoms with Crippen LogP contribution in [0.15, 0.2) is 12.2 Å². The Morgan fingerprint density at radius 1 is 0.737 bits per heavy atom. The second-order valence-electron chi connectivity index (χ2n) is 5.21. The number of rotatable bonds is 12. The Morgan fingerprint density at radius 3 is 1.79 bits per heavy atom. The van der Waals surface area contributed by atoms with Gasteiger partial charge in [0.25, 0.3) is 0 Å². The van der Waals surface area contributed by atoms with E-state index in [4.69, 9.17) is 0 Å². The van der Waals surface area contributed by atoms with Crippen LogP contribution in [-0.4, -0.2) is 17.3 Å². The Labute approximate surface area is 116 Å². The van der Waals surface area contributed by atoms with Crippen LogP contribution in [0.4, 0.5) is 0 Å². The van der Waals surface area contributed by atoms with Gasteiger partial charge in [-0.3, -0.25) is 9.59 Å². The monoisotopic (exact) mass is 266 g/mol. The van der Waals surface area contributed by atoms with E-state index in [1.807, 2.05) is 0 Å². The molecule has 108 valence electrons. The normalized spacial score (nSPS) is 10.2. The molecule has 0 rings (SSSR count). The van der Waals surface area contributed by atoms with E-state index < -0.39 is 0 Å². The molecule has 3 nitrogen and oxygen atoms in total. The summed E-state index contributed by atoms with van der Waals surface area (Å²) in [6.07, 6.45) is 6.85. The van der Waals surface area contributed by atoms with Crippen LogP contribution in [-0.2, 0) is 14.4 Å². The zero-order valence-electron chi connectivity index (χ0n) is 12.3. The standard InChI is InChI=1S/C16H26O3/c1-13(2)16(19)10-8-6-4-5-7-9-15(18)12-11-14(3)17/h1,4-12H2,2-3H3. The average molecular weight is 266 g/mol. The number of ketones is 3. The number of hydrogen-bond acceptors (Lipinski definition) is 3. The molecule has 0 unspecified atom stereocenters. The van der Waals surface area contributed by atoms with Crippen molar-refractivity contribution < 1.29 is 14.4 Å². The lowest BCUT2D eigenvalue weighted by atomic mass is 10.0. The predicted molar refractivity (Wildman–Crippen MR) is 77.1 cm³/mol. The van der Waals surface area contributed by atoms with Crippen molar-refractivity contribution in [2.45, 2.75) is 71.6 Å². The summed E-state index contributed by atoms with van der Waals surface area (Å²) >= 11 is 0. The van der Waals surface area contributed by atoms with Crippen LogP contribution >= 0.6 is 0 Å². The van der Waals surface area contributed by atoms with E-state index in [0.717, 1.165) is 32.1 Å². The number of hydrogen-bond donors (Lipinski definition) is 0. The Bertz CT molecular complexity index is 329. The molecule has 19 heavy (non-hydrogen) atoms. The van der Waals surface area contributed by atoms with Crippen molar-refractivity contribution in [2.75, 3.05) is 0 Å². The first-order valence-corrected chi connectivity index (χ1v) is 7.13. The molecule has 0 aliphatic rings. The third-order valence-corrected chi connectivity index (χ3v) is 3.09. The summed E-state index contributed by atoms with van der Waals surface area (Å²) in [5.74, 6) is 0.419. The zero-order valence-corrected chi connectivity index (χ0v) is 12.3. The lowest BCUT2D eigenvalue weighted by Gasteiger charge is -2.02. The fraction of sp³-hybridized carbons (Fsp3) is 0.688. The van der Waals surface area contributed by atoms with Gasteiger partial charge in [0.2, 0.25) is 0 Å². The van der Waals surface area contributed by atoms with Crippen molar-refractivity contribution in [2.24, 2.45) is 0 Å². The molecule has 0 heterocycles. The van der Waals surface area contributed by atoms with Crippen molar-refractivity contribution in [1.29, 1.82) is 0 Å². The number of unbranched alkanes of at least 4 members (excludes halogenated alkanes) is 4. The van der Waals surface area contributed by atoms with Gasteiger partial charge in [-0.05, 0) is 32.3 Å². The van der Waals surface area contributed by atoms with Crippen LogP contribution in [0.1, 0.15) is 71.6 Å². The molecule has 0 bridgehead atoms. The van der Waals surface area contributed by atoms with E-state index in [9.17, 15) is 14.4 Å². The molecule has 0 atom stereocenters. The minimum absolute atomic E-state index is 0.0792. The predicted octanol–water partition coefficient (Wildman–Crippen LogP) is 3.80. The maximum atomic E-state index is 11.4. The van der Waals surface area contributed by atoms with Gasteiger partial charge >= 0.3 is 0 Å². The third-order valence-electron chi connectivity index (χ3n) is 3.09. The van der Waals surface area contributed by atoms with Gasteiger partial charge in [-0.15, -0.1) is 0 Å². The molecule has 0 N–H and O–H groups in total. The average Bonchev–Trinajstić information content (AvgIpc) is 2.34. The highest BCUT2D eigenvalue weighted by molar-refractivity contribution is 5.93. The first-order chi connectivity index (χ1) is 8.93. The Balaban J connectivity index is 3.36. The molecule has 0 amide bonds. The van der Waals surface area contributed by atoms with Gasteiger partial charge in [-0.1, -0.05) is 25.8 Å². The van der Waals surface area contributed by atoms with Crippen LogP contribution in [0, 0.1) is 0 Å². The molecule has 0 spiro atoms. The van der Waals surface area contributed by atoms with Crippen LogP contribution in [0.3, 0.4) is 0 Å². The van der Waals surface area contributed by atoms with E-state index in [2.05, 4.69) is 6.58 Å². The Kier molecular flexibility index (Phi) is 9.95. The quantitative estimate of drug-likeness (QED) is 0.399. The summed E-state index contributed by atoms with van der Waals surface area (Å²) in [6, 6.07) is 0. The van der Waals surface area contributed by atoms with E-state index in [1.165, 1.54) is 6.92 Å². The molecule has 3 heteroatoms. The Hall–Kier alpha value is -1.25. The largest absolute Gasteiger partial charge is 0.300 e. The Morgan fingerprint density at radius 2 is 1.26 bits per heavy atom. The number of Topliss-reactive ketones (excluding diaryl/α,β-unsaturated/α-hetero) is 3. The number of carbonyl (C=O) groups is 3. The summed E-state index contributed by atoms with van der Waals surface area (Å²) < 4.78 is 0. The minimum atomic E-state index is 0.0792. The van der Waals surface area contributed by atoms with Gasteiger partial charge in [0.15, 0.2) is 5.78 Å². The number of allylic oxidation sites excluding steroid dienone is 1. The highest BCUT2D eigenvalue weighted by Crippen LogP contribution is 2.10. The van der Waals surface area contributed by atoms with Gasteiger partial charge in [-0.2, -0.15) is 0 Å². The molecular weight excluding hydrogens is 240 g/mol. The second kappa shape index (κ2) is 10.7. The second-order valence-corrected chi connectivity index (χ2v) is 5.21. The van der Waals surface area contributed by atoms with Crippen LogP contribution in [0.5, 0.6) is 0 Å². The van der Waals surface area contributed by atoms with Crippen molar-refractivity contribution in [3.8, 4) is 0 Å². The smallest absolute Gasteiger partial charge is 0.157 e. The molecule has 0 radical (unpaired) electrons. The van der Waals surface area contributed by atoms with E-state index in [1.54, 1.807) is 6.92 Å². The first-order valence-electron chi connectivity index (χ1n) is 7.13.